The maximum Gasteiger partial charge on any atom is 0.305 e. The topological polar surface area (TPSA) is 55.8 Å². The van der Waals surface area contributed by atoms with Crippen LogP contribution in [0.5, 0.6) is 0 Å². The fourth-order valence-electron chi connectivity index (χ4n) is 3.00. The van der Waals surface area contributed by atoms with Crippen molar-refractivity contribution in [2.75, 3.05) is 0 Å². The Morgan fingerprint density at radius 3 is 2.50 bits per heavy atom. The number of carbonyl (C=O) groups is 1. The Kier molecular flexibility index (Phi) is 4.40. The van der Waals surface area contributed by atoms with E-state index in [2.05, 4.69) is 6.58 Å². The third-order valence-electron chi connectivity index (χ3n) is 3.76. The fraction of sp³-hybridized carbons (Fsp3) is 0.786. The zero-order valence-corrected chi connectivity index (χ0v) is 10.8. The molecule has 4 heteroatoms. The maximum absolute atomic E-state index is 10.8. The van der Waals surface area contributed by atoms with Gasteiger partial charge in [-0.15, -0.1) is 6.58 Å². The van der Waals surface area contributed by atoms with Crippen LogP contribution in [0.2, 0.25) is 0 Å². The van der Waals surface area contributed by atoms with Gasteiger partial charge in [-0.25, -0.2) is 0 Å². The molecule has 2 aliphatic heterocycles. The van der Waals surface area contributed by atoms with Crippen LogP contribution in [0.4, 0.5) is 0 Å². The van der Waals surface area contributed by atoms with E-state index in [4.69, 9.17) is 14.6 Å². The summed E-state index contributed by atoms with van der Waals surface area (Å²) in [6, 6.07) is 0. The Bertz CT molecular complexity index is 311. The lowest BCUT2D eigenvalue weighted by atomic mass is 9.91. The molecule has 0 bridgehead atoms. The third kappa shape index (κ3) is 3.33. The zero-order valence-electron chi connectivity index (χ0n) is 10.8. The van der Waals surface area contributed by atoms with E-state index in [1.165, 1.54) is 0 Å². The van der Waals surface area contributed by atoms with Crippen LogP contribution in [-0.2, 0) is 14.3 Å². The van der Waals surface area contributed by atoms with Gasteiger partial charge in [-0.2, -0.15) is 0 Å². The van der Waals surface area contributed by atoms with Crippen LogP contribution in [0.1, 0.15) is 51.4 Å². The molecule has 3 atom stereocenters. The molecule has 2 fully saturated rings. The summed E-state index contributed by atoms with van der Waals surface area (Å²) in [5.74, 6) is -1.32. The second-order valence-electron chi connectivity index (χ2n) is 5.30. The van der Waals surface area contributed by atoms with E-state index in [9.17, 15) is 4.79 Å². The van der Waals surface area contributed by atoms with Crippen molar-refractivity contribution >= 4 is 5.97 Å². The molecular weight excluding hydrogens is 232 g/mol. The summed E-state index contributed by atoms with van der Waals surface area (Å²) < 4.78 is 12.0. The van der Waals surface area contributed by atoms with Crippen LogP contribution in [0.3, 0.4) is 0 Å². The molecule has 0 saturated carbocycles. The molecule has 18 heavy (non-hydrogen) atoms. The Labute approximate surface area is 108 Å². The summed E-state index contributed by atoms with van der Waals surface area (Å²) >= 11 is 0. The monoisotopic (exact) mass is 254 g/mol. The van der Waals surface area contributed by atoms with Crippen LogP contribution in [0.15, 0.2) is 12.7 Å². The Morgan fingerprint density at radius 2 is 1.89 bits per heavy atom. The van der Waals surface area contributed by atoms with Crippen molar-refractivity contribution in [3.63, 3.8) is 0 Å². The van der Waals surface area contributed by atoms with Crippen LogP contribution in [-0.4, -0.2) is 29.1 Å². The van der Waals surface area contributed by atoms with Gasteiger partial charge in [-0.1, -0.05) is 6.08 Å². The first-order valence-electron chi connectivity index (χ1n) is 6.82. The van der Waals surface area contributed by atoms with E-state index in [0.717, 1.165) is 44.9 Å². The molecule has 0 unspecified atom stereocenters. The normalized spacial score (nSPS) is 36.4. The smallest absolute Gasteiger partial charge is 0.305 e. The summed E-state index contributed by atoms with van der Waals surface area (Å²) in [6.45, 7) is 3.74. The van der Waals surface area contributed by atoms with Gasteiger partial charge < -0.3 is 14.6 Å². The molecule has 2 aliphatic rings. The minimum atomic E-state index is -0.796. The molecule has 0 aliphatic carbocycles. The number of hydrogen-bond acceptors (Lipinski definition) is 3. The van der Waals surface area contributed by atoms with Gasteiger partial charge in [0.15, 0.2) is 5.79 Å². The molecular formula is C14H22O4. The van der Waals surface area contributed by atoms with Crippen molar-refractivity contribution in [1.82, 2.24) is 0 Å². The molecule has 102 valence electrons. The van der Waals surface area contributed by atoms with Gasteiger partial charge >= 0.3 is 5.97 Å². The number of aliphatic carboxylic acids is 1. The molecule has 0 aromatic heterocycles. The predicted molar refractivity (Wildman–Crippen MR) is 67.2 cm³/mol. The molecule has 2 heterocycles. The van der Waals surface area contributed by atoms with E-state index in [1.807, 2.05) is 6.08 Å². The van der Waals surface area contributed by atoms with Crippen LogP contribution in [0.25, 0.3) is 0 Å². The largest absolute Gasteiger partial charge is 0.481 e. The average molecular weight is 254 g/mol. The molecule has 1 spiro atoms. The molecule has 1 N–H and O–H groups in total. The quantitative estimate of drug-likeness (QED) is 0.784. The highest BCUT2D eigenvalue weighted by molar-refractivity contribution is 5.67. The van der Waals surface area contributed by atoms with Gasteiger partial charge in [0, 0.05) is 12.8 Å². The number of carboxylic acids is 1. The molecule has 0 aromatic rings. The third-order valence-corrected chi connectivity index (χ3v) is 3.76. The molecule has 4 nitrogen and oxygen atoms in total. The maximum atomic E-state index is 10.8. The zero-order chi connectivity index (χ0) is 13.0. The molecule has 0 aromatic carbocycles. The van der Waals surface area contributed by atoms with E-state index < -0.39 is 11.8 Å². The van der Waals surface area contributed by atoms with Crippen molar-refractivity contribution in [2.45, 2.75) is 69.4 Å². The highest BCUT2D eigenvalue weighted by atomic mass is 16.7. The lowest BCUT2D eigenvalue weighted by Gasteiger charge is -2.45. The van der Waals surface area contributed by atoms with Gasteiger partial charge in [-0.3, -0.25) is 4.79 Å². The van der Waals surface area contributed by atoms with Gasteiger partial charge in [0.25, 0.3) is 0 Å². The molecule has 0 radical (unpaired) electrons. The van der Waals surface area contributed by atoms with Crippen molar-refractivity contribution in [3.05, 3.63) is 12.7 Å². The highest BCUT2D eigenvalue weighted by Crippen LogP contribution is 2.40. The Balaban J connectivity index is 1.96. The second kappa shape index (κ2) is 5.85. The summed E-state index contributed by atoms with van der Waals surface area (Å²) in [5.41, 5.74) is 0. The van der Waals surface area contributed by atoms with Crippen molar-refractivity contribution in [2.24, 2.45) is 0 Å². The first kappa shape index (κ1) is 13.6. The predicted octanol–water partition coefficient (Wildman–Crippen LogP) is 2.87. The van der Waals surface area contributed by atoms with Crippen LogP contribution < -0.4 is 0 Å². The summed E-state index contributed by atoms with van der Waals surface area (Å²) in [6.07, 6.45) is 8.49. The van der Waals surface area contributed by atoms with Gasteiger partial charge in [-0.05, 0) is 32.1 Å². The first-order valence-corrected chi connectivity index (χ1v) is 6.82. The Hall–Kier alpha value is -0.870. The molecule has 0 amide bonds. The average Bonchev–Trinajstić information content (AvgIpc) is 2.28. The van der Waals surface area contributed by atoms with Crippen LogP contribution >= 0.6 is 0 Å². The Morgan fingerprint density at radius 1 is 1.28 bits per heavy atom. The standard InChI is InChI=1S/C14H22O4/c1-2-5-11-6-3-8-14(17-11)9-4-7-12(18-14)10-13(15)16/h2,11-12H,1,3-10H2,(H,15,16)/t11-,12+,14+/m1/s1. The van der Waals surface area contributed by atoms with Crippen molar-refractivity contribution in [3.8, 4) is 0 Å². The number of hydrogen-bond donors (Lipinski definition) is 1. The SMILES string of the molecule is C=CC[C@@H]1CCC[C@]2(CCC[C@@H](CC(=O)O)O2)O1. The minimum Gasteiger partial charge on any atom is -0.481 e. The number of rotatable bonds is 4. The van der Waals surface area contributed by atoms with Gasteiger partial charge in [0.05, 0.1) is 18.6 Å². The lowest BCUT2D eigenvalue weighted by molar-refractivity contribution is -0.314. The van der Waals surface area contributed by atoms with Crippen LogP contribution in [0, 0.1) is 0 Å². The minimum absolute atomic E-state index is 0.0806. The number of ether oxygens (including phenoxy) is 2. The van der Waals surface area contributed by atoms with E-state index in [0.29, 0.717) is 0 Å². The molecule has 2 rings (SSSR count). The fourth-order valence-corrected chi connectivity index (χ4v) is 3.00. The summed E-state index contributed by atoms with van der Waals surface area (Å²) in [5, 5.41) is 8.85. The van der Waals surface area contributed by atoms with E-state index >= 15 is 0 Å². The van der Waals surface area contributed by atoms with Crippen molar-refractivity contribution < 1.29 is 19.4 Å². The van der Waals surface area contributed by atoms with E-state index in [1.54, 1.807) is 0 Å². The molecule has 2 saturated heterocycles. The lowest BCUT2D eigenvalue weighted by Crippen LogP contribution is -2.48. The highest BCUT2D eigenvalue weighted by Gasteiger charge is 2.42. The van der Waals surface area contributed by atoms with Gasteiger partial charge in [0.2, 0.25) is 0 Å². The first-order chi connectivity index (χ1) is 8.63. The second-order valence-corrected chi connectivity index (χ2v) is 5.30. The van der Waals surface area contributed by atoms with E-state index in [-0.39, 0.29) is 18.6 Å². The summed E-state index contributed by atoms with van der Waals surface area (Å²) in [4.78, 5) is 10.8. The number of carboxylic acid groups (broad SMARTS) is 1. The van der Waals surface area contributed by atoms with Crippen molar-refractivity contribution in [1.29, 1.82) is 0 Å². The van der Waals surface area contributed by atoms with Gasteiger partial charge in [0.1, 0.15) is 0 Å². The summed E-state index contributed by atoms with van der Waals surface area (Å²) in [7, 11) is 0.